The van der Waals surface area contributed by atoms with E-state index in [4.69, 9.17) is 14.2 Å². The predicted molar refractivity (Wildman–Crippen MR) is 125 cm³/mol. The van der Waals surface area contributed by atoms with Crippen LogP contribution in [0.2, 0.25) is 0 Å². The van der Waals surface area contributed by atoms with Crippen LogP contribution in [0.3, 0.4) is 0 Å². The zero-order valence-corrected chi connectivity index (χ0v) is 18.8. The Morgan fingerprint density at radius 2 is 1.97 bits per heavy atom. The SMILES string of the molecule is CCCNc1nc(Nc2ccc(C(=O)N3CCOCC3)c3c2OCCO3)nc2[nH]cc(C#N)c12. The Balaban J connectivity index is 1.50. The zero-order valence-electron chi connectivity index (χ0n) is 18.8. The number of carbonyl (C=O) groups excluding carboxylic acids is 1. The number of nitrogens with one attached hydrogen (secondary N) is 3. The zero-order chi connectivity index (χ0) is 23.5. The molecule has 4 heterocycles. The van der Waals surface area contributed by atoms with E-state index in [1.807, 2.05) is 0 Å². The highest BCUT2D eigenvalue weighted by Gasteiger charge is 2.28. The Labute approximate surface area is 196 Å². The first-order valence-corrected chi connectivity index (χ1v) is 11.3. The van der Waals surface area contributed by atoms with E-state index in [0.717, 1.165) is 6.42 Å². The van der Waals surface area contributed by atoms with Gasteiger partial charge < -0.3 is 34.7 Å². The van der Waals surface area contributed by atoms with Gasteiger partial charge in [0.15, 0.2) is 11.5 Å². The first kappa shape index (κ1) is 21.8. The first-order chi connectivity index (χ1) is 16.7. The lowest BCUT2D eigenvalue weighted by molar-refractivity contribution is 0.0298. The number of fused-ring (bicyclic) bond motifs is 2. The quantitative estimate of drug-likeness (QED) is 0.504. The van der Waals surface area contributed by atoms with Gasteiger partial charge in [0.1, 0.15) is 30.7 Å². The third-order valence-electron chi connectivity index (χ3n) is 5.66. The molecule has 2 aliphatic heterocycles. The van der Waals surface area contributed by atoms with Crippen molar-refractivity contribution >= 4 is 34.4 Å². The number of nitrogens with zero attached hydrogens (tertiary/aromatic N) is 4. The molecule has 5 rings (SSSR count). The molecule has 0 unspecified atom stereocenters. The minimum Gasteiger partial charge on any atom is -0.485 e. The molecule has 1 aromatic carbocycles. The molecule has 11 heteroatoms. The lowest BCUT2D eigenvalue weighted by atomic mass is 10.1. The number of H-pyrrole nitrogens is 1. The molecule has 2 aliphatic rings. The van der Waals surface area contributed by atoms with Gasteiger partial charge in [-0.2, -0.15) is 15.2 Å². The fraction of sp³-hybridized carbons (Fsp3) is 0.391. The summed E-state index contributed by atoms with van der Waals surface area (Å²) in [6, 6.07) is 5.66. The number of ether oxygens (including phenoxy) is 3. The highest BCUT2D eigenvalue weighted by Crippen LogP contribution is 2.42. The van der Waals surface area contributed by atoms with Crippen molar-refractivity contribution in [3.63, 3.8) is 0 Å². The molecule has 0 bridgehead atoms. The van der Waals surface area contributed by atoms with E-state index in [1.165, 1.54) is 0 Å². The van der Waals surface area contributed by atoms with Crippen LogP contribution in [0.5, 0.6) is 11.5 Å². The van der Waals surface area contributed by atoms with Crippen molar-refractivity contribution in [1.29, 1.82) is 5.26 Å². The monoisotopic (exact) mass is 463 g/mol. The maximum Gasteiger partial charge on any atom is 0.257 e. The Hall–Kier alpha value is -4.04. The second-order valence-electron chi connectivity index (χ2n) is 7.91. The van der Waals surface area contributed by atoms with Crippen LogP contribution in [-0.2, 0) is 4.74 Å². The van der Waals surface area contributed by atoms with Crippen molar-refractivity contribution in [2.24, 2.45) is 0 Å². The van der Waals surface area contributed by atoms with E-state index >= 15 is 0 Å². The molecule has 3 N–H and O–H groups in total. The smallest absolute Gasteiger partial charge is 0.257 e. The van der Waals surface area contributed by atoms with Gasteiger partial charge in [-0.3, -0.25) is 4.79 Å². The van der Waals surface area contributed by atoms with Crippen LogP contribution in [-0.4, -0.2) is 71.8 Å². The molecular weight excluding hydrogens is 438 g/mol. The first-order valence-electron chi connectivity index (χ1n) is 11.3. The van der Waals surface area contributed by atoms with Gasteiger partial charge in [0.25, 0.3) is 5.91 Å². The number of aromatic nitrogens is 3. The highest BCUT2D eigenvalue weighted by molar-refractivity contribution is 5.99. The number of amides is 1. The summed E-state index contributed by atoms with van der Waals surface area (Å²) in [5.74, 6) is 1.63. The van der Waals surface area contributed by atoms with Crippen LogP contribution in [0, 0.1) is 11.3 Å². The number of hydrogen-bond acceptors (Lipinski definition) is 9. The summed E-state index contributed by atoms with van der Waals surface area (Å²) in [6.45, 7) is 5.59. The average molecular weight is 463 g/mol. The largest absolute Gasteiger partial charge is 0.485 e. The number of benzene rings is 1. The average Bonchev–Trinajstić information content (AvgIpc) is 3.31. The Morgan fingerprint density at radius 3 is 2.74 bits per heavy atom. The second-order valence-corrected chi connectivity index (χ2v) is 7.91. The normalized spacial score (nSPS) is 15.1. The molecule has 0 spiro atoms. The molecule has 0 radical (unpaired) electrons. The van der Waals surface area contributed by atoms with Crippen LogP contribution in [0.25, 0.3) is 11.0 Å². The predicted octanol–water partition coefficient (Wildman–Crippen LogP) is 2.64. The summed E-state index contributed by atoms with van der Waals surface area (Å²) in [7, 11) is 0. The van der Waals surface area contributed by atoms with Crippen molar-refractivity contribution in [2.45, 2.75) is 13.3 Å². The third kappa shape index (κ3) is 4.04. The van der Waals surface area contributed by atoms with Gasteiger partial charge in [-0.25, -0.2) is 0 Å². The van der Waals surface area contributed by atoms with Gasteiger partial charge in [0, 0.05) is 25.8 Å². The van der Waals surface area contributed by atoms with Gasteiger partial charge >= 0.3 is 0 Å². The maximum atomic E-state index is 13.1. The number of carbonyl (C=O) groups is 1. The molecular formula is C23H25N7O4. The summed E-state index contributed by atoms with van der Waals surface area (Å²) in [5, 5.41) is 16.6. The van der Waals surface area contributed by atoms with Gasteiger partial charge in [-0.15, -0.1) is 0 Å². The Bertz CT molecular complexity index is 1260. The molecule has 0 atom stereocenters. The van der Waals surface area contributed by atoms with Crippen LogP contribution in [0.1, 0.15) is 29.3 Å². The fourth-order valence-corrected chi connectivity index (χ4v) is 4.01. The second kappa shape index (κ2) is 9.44. The number of nitriles is 1. The lowest BCUT2D eigenvalue weighted by Gasteiger charge is -2.29. The van der Waals surface area contributed by atoms with Crippen LogP contribution in [0.15, 0.2) is 18.3 Å². The highest BCUT2D eigenvalue weighted by atomic mass is 16.6. The summed E-state index contributed by atoms with van der Waals surface area (Å²) in [6.07, 6.45) is 2.52. The minimum absolute atomic E-state index is 0.115. The molecule has 0 aliphatic carbocycles. The molecule has 1 saturated heterocycles. The van der Waals surface area contributed by atoms with E-state index < -0.39 is 0 Å². The van der Waals surface area contributed by atoms with Crippen LogP contribution in [0.4, 0.5) is 17.5 Å². The lowest BCUT2D eigenvalue weighted by Crippen LogP contribution is -2.41. The van der Waals surface area contributed by atoms with Gasteiger partial charge in [0.05, 0.1) is 35.4 Å². The van der Waals surface area contributed by atoms with E-state index in [1.54, 1.807) is 23.2 Å². The molecule has 176 valence electrons. The van der Waals surface area contributed by atoms with E-state index in [2.05, 4.69) is 38.6 Å². The Kier molecular flexibility index (Phi) is 6.05. The van der Waals surface area contributed by atoms with Crippen molar-refractivity contribution in [3.8, 4) is 17.6 Å². The van der Waals surface area contributed by atoms with E-state index in [-0.39, 0.29) is 5.91 Å². The third-order valence-corrected chi connectivity index (χ3v) is 5.66. The summed E-state index contributed by atoms with van der Waals surface area (Å²) >= 11 is 0. The molecule has 0 saturated carbocycles. The molecule has 1 amide bonds. The van der Waals surface area contributed by atoms with E-state index in [9.17, 15) is 10.1 Å². The number of anilines is 3. The van der Waals surface area contributed by atoms with Gasteiger partial charge in [-0.1, -0.05) is 6.92 Å². The van der Waals surface area contributed by atoms with Crippen molar-refractivity contribution in [1.82, 2.24) is 19.9 Å². The molecule has 11 nitrogen and oxygen atoms in total. The number of morpholine rings is 1. The van der Waals surface area contributed by atoms with Gasteiger partial charge in [-0.05, 0) is 18.6 Å². The molecule has 34 heavy (non-hydrogen) atoms. The molecule has 3 aromatic rings. The van der Waals surface area contributed by atoms with Crippen LogP contribution < -0.4 is 20.1 Å². The van der Waals surface area contributed by atoms with Crippen molar-refractivity contribution < 1.29 is 19.0 Å². The summed E-state index contributed by atoms with van der Waals surface area (Å²) in [5.41, 5.74) is 2.05. The van der Waals surface area contributed by atoms with Crippen molar-refractivity contribution in [3.05, 3.63) is 29.5 Å². The standard InChI is InChI=1S/C23H25N7O4/c1-2-5-25-20-17-14(12-24)13-26-21(17)29-23(28-20)27-16-4-3-15(18-19(16)34-11-10-33-18)22(31)30-6-8-32-9-7-30/h3-4,13H,2,5-11H2,1H3,(H3,25,26,27,28,29). The van der Waals surface area contributed by atoms with Crippen molar-refractivity contribution in [2.75, 3.05) is 56.7 Å². The number of rotatable bonds is 6. The van der Waals surface area contributed by atoms with E-state index in [0.29, 0.717) is 97.2 Å². The van der Waals surface area contributed by atoms with Crippen LogP contribution >= 0.6 is 0 Å². The fourth-order valence-electron chi connectivity index (χ4n) is 4.01. The van der Waals surface area contributed by atoms with Gasteiger partial charge in [0.2, 0.25) is 5.95 Å². The number of aromatic amines is 1. The minimum atomic E-state index is -0.115. The Morgan fingerprint density at radius 1 is 1.18 bits per heavy atom. The number of hydrogen-bond donors (Lipinski definition) is 3. The molecule has 2 aromatic heterocycles. The maximum absolute atomic E-state index is 13.1. The summed E-state index contributed by atoms with van der Waals surface area (Å²) < 4.78 is 17.1. The summed E-state index contributed by atoms with van der Waals surface area (Å²) in [4.78, 5) is 27.0. The topological polar surface area (TPSA) is 137 Å². The molecule has 1 fully saturated rings.